The van der Waals surface area contributed by atoms with E-state index in [2.05, 4.69) is 17.9 Å². The van der Waals surface area contributed by atoms with Crippen LogP contribution in [0.15, 0.2) is 18.2 Å². The molecule has 4 heteroatoms. The quantitative estimate of drug-likeness (QED) is 0.875. The van der Waals surface area contributed by atoms with Gasteiger partial charge in [0.05, 0.1) is 26.4 Å². The average Bonchev–Trinajstić information content (AvgIpc) is 2.76. The number of aliphatic hydroxyl groups excluding tert-OH is 1. The summed E-state index contributed by atoms with van der Waals surface area (Å²) in [5.41, 5.74) is 2.25. The minimum atomic E-state index is -0.425. The molecule has 0 spiro atoms. The second-order valence-electron chi connectivity index (χ2n) is 5.44. The Morgan fingerprint density at radius 1 is 1.42 bits per heavy atom. The molecule has 3 unspecified atom stereocenters. The van der Waals surface area contributed by atoms with Gasteiger partial charge in [0, 0.05) is 18.6 Å². The van der Waals surface area contributed by atoms with E-state index < -0.39 is 6.10 Å². The number of fused-ring (bicyclic) bond motifs is 1. The summed E-state index contributed by atoms with van der Waals surface area (Å²) in [5, 5.41) is 10.6. The van der Waals surface area contributed by atoms with E-state index in [9.17, 15) is 5.11 Å². The third-order valence-electron chi connectivity index (χ3n) is 4.31. The number of morpholine rings is 1. The Kier molecular flexibility index (Phi) is 3.48. The van der Waals surface area contributed by atoms with Crippen LogP contribution in [0.2, 0.25) is 0 Å². The molecule has 1 heterocycles. The van der Waals surface area contributed by atoms with Crippen LogP contribution in [0.1, 0.15) is 24.2 Å². The molecule has 0 amide bonds. The highest BCUT2D eigenvalue weighted by atomic mass is 16.5. The molecule has 1 aromatic rings. The van der Waals surface area contributed by atoms with E-state index >= 15 is 0 Å². The van der Waals surface area contributed by atoms with E-state index in [1.54, 1.807) is 7.11 Å². The highest BCUT2D eigenvalue weighted by Crippen LogP contribution is 2.37. The molecule has 0 aromatic heterocycles. The molecule has 0 saturated carbocycles. The van der Waals surface area contributed by atoms with Crippen LogP contribution >= 0.6 is 0 Å². The monoisotopic (exact) mass is 263 g/mol. The minimum Gasteiger partial charge on any atom is -0.497 e. The zero-order chi connectivity index (χ0) is 13.4. The Morgan fingerprint density at radius 3 is 3.00 bits per heavy atom. The minimum absolute atomic E-state index is 0.168. The van der Waals surface area contributed by atoms with Gasteiger partial charge in [-0.15, -0.1) is 0 Å². The zero-order valence-electron chi connectivity index (χ0n) is 11.5. The van der Waals surface area contributed by atoms with Crippen molar-refractivity contribution >= 4 is 0 Å². The third kappa shape index (κ3) is 2.24. The molecule has 1 fully saturated rings. The Labute approximate surface area is 113 Å². The van der Waals surface area contributed by atoms with Crippen molar-refractivity contribution in [3.05, 3.63) is 29.3 Å². The Balaban J connectivity index is 1.84. The number of nitrogens with zero attached hydrogens (tertiary/aromatic N) is 1. The standard InChI is InChI=1S/C15H21NO3/c1-10-9-19-6-5-16(10)14-7-11-3-4-12(18-2)8-13(11)15(14)17/h3-4,8,10,14-15,17H,5-7,9H2,1-2H3. The molecule has 104 valence electrons. The first-order valence-corrected chi connectivity index (χ1v) is 6.89. The summed E-state index contributed by atoms with van der Waals surface area (Å²) in [6.45, 7) is 4.57. The smallest absolute Gasteiger partial charge is 0.119 e. The van der Waals surface area contributed by atoms with Gasteiger partial charge < -0.3 is 14.6 Å². The zero-order valence-corrected chi connectivity index (χ0v) is 11.5. The van der Waals surface area contributed by atoms with Gasteiger partial charge >= 0.3 is 0 Å². The van der Waals surface area contributed by atoms with Crippen LogP contribution in [0.4, 0.5) is 0 Å². The lowest BCUT2D eigenvalue weighted by Gasteiger charge is -2.39. The molecule has 3 rings (SSSR count). The molecule has 0 radical (unpaired) electrons. The van der Waals surface area contributed by atoms with Crippen LogP contribution in [0.3, 0.4) is 0 Å². The summed E-state index contributed by atoms with van der Waals surface area (Å²) >= 11 is 0. The van der Waals surface area contributed by atoms with Crippen molar-refractivity contribution < 1.29 is 14.6 Å². The topological polar surface area (TPSA) is 41.9 Å². The van der Waals surface area contributed by atoms with E-state index in [4.69, 9.17) is 9.47 Å². The van der Waals surface area contributed by atoms with Gasteiger partial charge in [-0.05, 0) is 36.6 Å². The second-order valence-corrected chi connectivity index (χ2v) is 5.44. The molecular formula is C15H21NO3. The summed E-state index contributed by atoms with van der Waals surface area (Å²) in [4.78, 5) is 2.38. The normalized spacial score (nSPS) is 31.2. The van der Waals surface area contributed by atoms with Crippen molar-refractivity contribution in [1.82, 2.24) is 4.90 Å². The highest BCUT2D eigenvalue weighted by Gasteiger charge is 2.38. The van der Waals surface area contributed by atoms with Gasteiger partial charge in [-0.25, -0.2) is 0 Å². The number of rotatable bonds is 2. The lowest BCUT2D eigenvalue weighted by Crippen LogP contribution is -2.50. The fourth-order valence-corrected chi connectivity index (χ4v) is 3.24. The van der Waals surface area contributed by atoms with E-state index in [1.165, 1.54) is 5.56 Å². The number of methoxy groups -OCH3 is 1. The molecule has 3 atom stereocenters. The van der Waals surface area contributed by atoms with Gasteiger partial charge in [0.1, 0.15) is 5.75 Å². The Hall–Kier alpha value is -1.10. The summed E-state index contributed by atoms with van der Waals surface area (Å²) in [5.74, 6) is 0.813. The molecule has 19 heavy (non-hydrogen) atoms. The maximum atomic E-state index is 10.6. The van der Waals surface area contributed by atoms with Gasteiger partial charge in [-0.3, -0.25) is 4.90 Å². The lowest BCUT2D eigenvalue weighted by molar-refractivity contribution is -0.0491. The van der Waals surface area contributed by atoms with Gasteiger partial charge in [0.15, 0.2) is 0 Å². The van der Waals surface area contributed by atoms with Crippen molar-refractivity contribution in [3.8, 4) is 5.75 Å². The fourth-order valence-electron chi connectivity index (χ4n) is 3.24. The first-order valence-electron chi connectivity index (χ1n) is 6.89. The largest absolute Gasteiger partial charge is 0.497 e. The molecule has 0 bridgehead atoms. The van der Waals surface area contributed by atoms with Crippen molar-refractivity contribution in [3.63, 3.8) is 0 Å². The Morgan fingerprint density at radius 2 is 2.26 bits per heavy atom. The van der Waals surface area contributed by atoms with E-state index in [0.29, 0.717) is 6.04 Å². The molecule has 1 aliphatic heterocycles. The highest BCUT2D eigenvalue weighted by molar-refractivity contribution is 5.41. The number of ether oxygens (including phenoxy) is 2. The first-order chi connectivity index (χ1) is 9.20. The molecular weight excluding hydrogens is 242 g/mol. The lowest BCUT2D eigenvalue weighted by atomic mass is 10.1. The first kappa shape index (κ1) is 12.9. The predicted molar refractivity (Wildman–Crippen MR) is 72.4 cm³/mol. The van der Waals surface area contributed by atoms with Crippen LogP contribution in [0.5, 0.6) is 5.75 Å². The number of benzene rings is 1. The van der Waals surface area contributed by atoms with Crippen molar-refractivity contribution in [2.75, 3.05) is 26.9 Å². The van der Waals surface area contributed by atoms with Crippen molar-refractivity contribution in [2.24, 2.45) is 0 Å². The summed E-state index contributed by atoms with van der Waals surface area (Å²) < 4.78 is 10.7. The molecule has 1 saturated heterocycles. The summed E-state index contributed by atoms with van der Waals surface area (Å²) in [6, 6.07) is 6.54. The number of hydrogen-bond donors (Lipinski definition) is 1. The van der Waals surface area contributed by atoms with Gasteiger partial charge in [0.2, 0.25) is 0 Å². The second kappa shape index (κ2) is 5.12. The van der Waals surface area contributed by atoms with Crippen LogP contribution in [0.25, 0.3) is 0 Å². The van der Waals surface area contributed by atoms with Crippen molar-refractivity contribution in [2.45, 2.75) is 31.5 Å². The SMILES string of the molecule is COc1ccc2c(c1)C(O)C(N1CCOCC1C)C2. The van der Waals surface area contributed by atoms with Gasteiger partial charge in [-0.2, -0.15) is 0 Å². The maximum absolute atomic E-state index is 10.6. The molecule has 2 aliphatic rings. The Bertz CT molecular complexity index is 463. The summed E-state index contributed by atoms with van der Waals surface area (Å²) in [6.07, 6.45) is 0.482. The van der Waals surface area contributed by atoms with Crippen LogP contribution in [0, 0.1) is 0 Å². The van der Waals surface area contributed by atoms with Crippen molar-refractivity contribution in [1.29, 1.82) is 0 Å². The van der Waals surface area contributed by atoms with Gasteiger partial charge in [-0.1, -0.05) is 6.07 Å². The van der Waals surface area contributed by atoms with Crippen LogP contribution in [-0.2, 0) is 11.2 Å². The van der Waals surface area contributed by atoms with Crippen LogP contribution < -0.4 is 4.74 Å². The molecule has 1 aromatic carbocycles. The number of hydrogen-bond acceptors (Lipinski definition) is 4. The van der Waals surface area contributed by atoms with E-state index in [1.807, 2.05) is 12.1 Å². The molecule has 1 N–H and O–H groups in total. The molecule has 1 aliphatic carbocycles. The maximum Gasteiger partial charge on any atom is 0.119 e. The summed E-state index contributed by atoms with van der Waals surface area (Å²) in [7, 11) is 1.66. The molecule has 4 nitrogen and oxygen atoms in total. The predicted octanol–water partition coefficient (Wildman–Crippen LogP) is 1.37. The van der Waals surface area contributed by atoms with E-state index in [0.717, 1.165) is 37.5 Å². The van der Waals surface area contributed by atoms with E-state index in [-0.39, 0.29) is 6.04 Å². The average molecular weight is 263 g/mol. The fraction of sp³-hybridized carbons (Fsp3) is 0.600. The van der Waals surface area contributed by atoms with Crippen LogP contribution in [-0.4, -0.2) is 49.0 Å². The number of aliphatic hydroxyl groups is 1. The third-order valence-corrected chi connectivity index (χ3v) is 4.31. The van der Waals surface area contributed by atoms with Gasteiger partial charge in [0.25, 0.3) is 0 Å².